The van der Waals surface area contributed by atoms with Gasteiger partial charge in [0.05, 0.1) is 12.2 Å². The van der Waals surface area contributed by atoms with E-state index in [2.05, 4.69) is 30.9 Å². The molecule has 0 bridgehead atoms. The first kappa shape index (κ1) is 9.50. The molecular formula is C8H9FN6. The average molecular weight is 208 g/mol. The number of anilines is 1. The Labute approximate surface area is 84.9 Å². The van der Waals surface area contributed by atoms with Crippen molar-refractivity contribution in [3.63, 3.8) is 0 Å². The SMILES string of the molecule is CC(Nc1ccc(F)cn1)c1nn[nH]n1. The molecule has 0 spiro atoms. The molecule has 2 N–H and O–H groups in total. The lowest BCUT2D eigenvalue weighted by molar-refractivity contribution is 0.621. The van der Waals surface area contributed by atoms with Gasteiger partial charge in [0, 0.05) is 0 Å². The largest absolute Gasteiger partial charge is 0.360 e. The highest BCUT2D eigenvalue weighted by Crippen LogP contribution is 2.12. The molecule has 0 aliphatic rings. The lowest BCUT2D eigenvalue weighted by Gasteiger charge is -2.09. The second-order valence-electron chi connectivity index (χ2n) is 3.00. The predicted octanol–water partition coefficient (Wildman–Crippen LogP) is 0.907. The maximum absolute atomic E-state index is 12.6. The van der Waals surface area contributed by atoms with Crippen LogP contribution in [0.1, 0.15) is 18.8 Å². The molecule has 0 saturated carbocycles. The normalized spacial score (nSPS) is 12.4. The van der Waals surface area contributed by atoms with Gasteiger partial charge in [-0.3, -0.25) is 0 Å². The van der Waals surface area contributed by atoms with Crippen molar-refractivity contribution in [3.8, 4) is 0 Å². The van der Waals surface area contributed by atoms with E-state index in [1.807, 2.05) is 6.92 Å². The van der Waals surface area contributed by atoms with E-state index in [1.165, 1.54) is 6.07 Å². The number of rotatable bonds is 3. The third-order valence-corrected chi connectivity index (χ3v) is 1.84. The maximum Gasteiger partial charge on any atom is 0.196 e. The number of halogens is 1. The van der Waals surface area contributed by atoms with Gasteiger partial charge in [0.2, 0.25) is 0 Å². The molecule has 2 rings (SSSR count). The van der Waals surface area contributed by atoms with Crippen LogP contribution in [-0.2, 0) is 0 Å². The van der Waals surface area contributed by atoms with Gasteiger partial charge in [-0.1, -0.05) is 5.21 Å². The molecule has 2 heterocycles. The van der Waals surface area contributed by atoms with Crippen LogP contribution in [0.2, 0.25) is 0 Å². The molecule has 0 fully saturated rings. The molecule has 0 aliphatic heterocycles. The first-order valence-electron chi connectivity index (χ1n) is 4.37. The van der Waals surface area contributed by atoms with Gasteiger partial charge in [0.15, 0.2) is 5.82 Å². The molecule has 0 saturated heterocycles. The van der Waals surface area contributed by atoms with Crippen LogP contribution in [0.5, 0.6) is 0 Å². The van der Waals surface area contributed by atoms with Crippen LogP contribution in [-0.4, -0.2) is 25.6 Å². The molecular weight excluding hydrogens is 199 g/mol. The zero-order chi connectivity index (χ0) is 10.7. The van der Waals surface area contributed by atoms with Crippen LogP contribution in [0.25, 0.3) is 0 Å². The molecule has 0 aliphatic carbocycles. The molecule has 2 aromatic rings. The summed E-state index contributed by atoms with van der Waals surface area (Å²) in [4.78, 5) is 3.86. The molecule has 1 unspecified atom stereocenters. The van der Waals surface area contributed by atoms with Crippen LogP contribution >= 0.6 is 0 Å². The number of pyridine rings is 1. The Hall–Kier alpha value is -2.05. The first-order chi connectivity index (χ1) is 7.25. The van der Waals surface area contributed by atoms with E-state index in [9.17, 15) is 4.39 Å². The van der Waals surface area contributed by atoms with Crippen LogP contribution in [0.4, 0.5) is 10.2 Å². The number of H-pyrrole nitrogens is 1. The quantitative estimate of drug-likeness (QED) is 0.783. The summed E-state index contributed by atoms with van der Waals surface area (Å²) in [5.74, 6) is 0.725. The molecule has 0 aromatic carbocycles. The zero-order valence-electron chi connectivity index (χ0n) is 7.98. The van der Waals surface area contributed by atoms with E-state index >= 15 is 0 Å². The van der Waals surface area contributed by atoms with Crippen molar-refractivity contribution in [2.75, 3.05) is 5.32 Å². The van der Waals surface area contributed by atoms with Crippen molar-refractivity contribution < 1.29 is 4.39 Å². The number of nitrogens with one attached hydrogen (secondary N) is 2. The van der Waals surface area contributed by atoms with E-state index in [1.54, 1.807) is 6.07 Å². The second-order valence-corrected chi connectivity index (χ2v) is 3.00. The van der Waals surface area contributed by atoms with Gasteiger partial charge in [-0.05, 0) is 19.1 Å². The Morgan fingerprint density at radius 2 is 2.33 bits per heavy atom. The predicted molar refractivity (Wildman–Crippen MR) is 50.4 cm³/mol. The van der Waals surface area contributed by atoms with Crippen LogP contribution in [0.15, 0.2) is 18.3 Å². The van der Waals surface area contributed by atoms with Gasteiger partial charge >= 0.3 is 0 Å². The van der Waals surface area contributed by atoms with Crippen molar-refractivity contribution in [3.05, 3.63) is 30.0 Å². The molecule has 6 nitrogen and oxygen atoms in total. The molecule has 0 amide bonds. The van der Waals surface area contributed by atoms with E-state index in [0.29, 0.717) is 11.6 Å². The maximum atomic E-state index is 12.6. The Morgan fingerprint density at radius 1 is 1.47 bits per heavy atom. The Kier molecular flexibility index (Phi) is 2.53. The van der Waals surface area contributed by atoms with E-state index in [0.717, 1.165) is 6.20 Å². The Balaban J connectivity index is 2.06. The summed E-state index contributed by atoms with van der Waals surface area (Å²) in [6.07, 6.45) is 1.14. The van der Waals surface area contributed by atoms with Crippen molar-refractivity contribution in [1.82, 2.24) is 25.6 Å². The van der Waals surface area contributed by atoms with Gasteiger partial charge in [-0.15, -0.1) is 10.2 Å². The smallest absolute Gasteiger partial charge is 0.196 e. The minimum absolute atomic E-state index is 0.137. The minimum Gasteiger partial charge on any atom is -0.360 e. The lowest BCUT2D eigenvalue weighted by atomic mass is 10.3. The molecule has 7 heteroatoms. The minimum atomic E-state index is -0.368. The van der Waals surface area contributed by atoms with Gasteiger partial charge in [0.25, 0.3) is 0 Å². The summed E-state index contributed by atoms with van der Waals surface area (Å²) in [6, 6.07) is 2.74. The monoisotopic (exact) mass is 208 g/mol. The average Bonchev–Trinajstić information content (AvgIpc) is 2.74. The van der Waals surface area contributed by atoms with E-state index < -0.39 is 0 Å². The Morgan fingerprint density at radius 3 is 2.93 bits per heavy atom. The fourth-order valence-corrected chi connectivity index (χ4v) is 1.10. The first-order valence-corrected chi connectivity index (χ1v) is 4.37. The number of aromatic amines is 1. The molecule has 1 atom stereocenters. The molecule has 0 radical (unpaired) electrons. The summed E-state index contributed by atoms with van der Waals surface area (Å²) in [5, 5.41) is 16.4. The second kappa shape index (κ2) is 3.99. The topological polar surface area (TPSA) is 79.4 Å². The molecule has 78 valence electrons. The summed E-state index contributed by atoms with van der Waals surface area (Å²) < 4.78 is 12.6. The fraction of sp³-hybridized carbons (Fsp3) is 0.250. The van der Waals surface area contributed by atoms with Crippen LogP contribution in [0.3, 0.4) is 0 Å². The number of nitrogens with zero attached hydrogens (tertiary/aromatic N) is 4. The van der Waals surface area contributed by atoms with Crippen LogP contribution < -0.4 is 5.32 Å². The number of aromatic nitrogens is 5. The summed E-state index contributed by atoms with van der Waals surface area (Å²) in [6.45, 7) is 1.86. The zero-order valence-corrected chi connectivity index (χ0v) is 7.98. The van der Waals surface area contributed by atoms with Gasteiger partial charge in [-0.25, -0.2) is 9.37 Å². The van der Waals surface area contributed by atoms with Crippen molar-refractivity contribution >= 4 is 5.82 Å². The number of hydrogen-bond acceptors (Lipinski definition) is 5. The molecule has 2 aromatic heterocycles. The van der Waals surface area contributed by atoms with Crippen molar-refractivity contribution in [2.24, 2.45) is 0 Å². The summed E-state index contributed by atoms with van der Waals surface area (Å²) in [7, 11) is 0. The lowest BCUT2D eigenvalue weighted by Crippen LogP contribution is -2.09. The third kappa shape index (κ3) is 2.25. The highest BCUT2D eigenvalue weighted by Gasteiger charge is 2.09. The summed E-state index contributed by atoms with van der Waals surface area (Å²) in [5.41, 5.74) is 0. The Bertz CT molecular complexity index is 411. The van der Waals surface area contributed by atoms with E-state index in [4.69, 9.17) is 0 Å². The summed E-state index contributed by atoms with van der Waals surface area (Å²) >= 11 is 0. The number of hydrogen-bond donors (Lipinski definition) is 2. The third-order valence-electron chi connectivity index (χ3n) is 1.84. The van der Waals surface area contributed by atoms with Gasteiger partial charge in [0.1, 0.15) is 11.6 Å². The molecule has 15 heavy (non-hydrogen) atoms. The highest BCUT2D eigenvalue weighted by atomic mass is 19.1. The van der Waals surface area contributed by atoms with Gasteiger partial charge in [-0.2, -0.15) is 5.21 Å². The van der Waals surface area contributed by atoms with E-state index in [-0.39, 0.29) is 11.9 Å². The number of tetrazole rings is 1. The van der Waals surface area contributed by atoms with Gasteiger partial charge < -0.3 is 5.32 Å². The standard InChI is InChI=1S/C8H9FN6/c1-5(8-12-14-15-13-8)11-7-3-2-6(9)4-10-7/h2-5H,1H3,(H,10,11)(H,12,13,14,15). The van der Waals surface area contributed by atoms with Crippen molar-refractivity contribution in [2.45, 2.75) is 13.0 Å². The highest BCUT2D eigenvalue weighted by molar-refractivity contribution is 5.35. The fourth-order valence-electron chi connectivity index (χ4n) is 1.10. The van der Waals surface area contributed by atoms with Crippen LogP contribution in [0, 0.1) is 5.82 Å². The van der Waals surface area contributed by atoms with Crippen molar-refractivity contribution in [1.29, 1.82) is 0 Å².